The van der Waals surface area contributed by atoms with Crippen LogP contribution in [0.5, 0.6) is 0 Å². The van der Waals surface area contributed by atoms with E-state index in [-0.39, 0.29) is 29.6 Å². The van der Waals surface area contributed by atoms with E-state index in [0.29, 0.717) is 30.3 Å². The van der Waals surface area contributed by atoms with E-state index in [4.69, 9.17) is 16.3 Å². The second-order valence-corrected chi connectivity index (χ2v) is 11.8. The molecule has 3 amide bonds. The Balaban J connectivity index is 1.71. The predicted octanol–water partition coefficient (Wildman–Crippen LogP) is 5.55. The molecule has 0 saturated heterocycles. The highest BCUT2D eigenvalue weighted by molar-refractivity contribution is 6.30. The molecule has 4 rings (SSSR count). The Hall–Kier alpha value is -3.68. The summed E-state index contributed by atoms with van der Waals surface area (Å²) >= 11 is 6.47. The third kappa shape index (κ3) is 7.71. The van der Waals surface area contributed by atoms with Crippen LogP contribution < -0.4 is 15.5 Å². The van der Waals surface area contributed by atoms with Crippen molar-refractivity contribution in [1.29, 1.82) is 0 Å². The van der Waals surface area contributed by atoms with Crippen LogP contribution in [0.25, 0.3) is 0 Å². The standard InChI is InChI=1S/C32H36ClN3O4/c1-21(37)34-19-23-11-8-12-24(15-23)30-26-16-25(33)13-14-27(26)36(20-32(2,3)4)31(39)28(40-30)17-29(38)35-18-22-9-6-5-7-10-22/h5-16,28,30H,17-20H2,1-4H3,(H,34,37)(H,35,38). The summed E-state index contributed by atoms with van der Waals surface area (Å²) in [6.45, 7) is 8.81. The van der Waals surface area contributed by atoms with E-state index >= 15 is 0 Å². The first-order chi connectivity index (χ1) is 19.0. The molecule has 3 aromatic carbocycles. The minimum Gasteiger partial charge on any atom is -0.355 e. The number of carbonyl (C=O) groups is 3. The fraction of sp³-hybridized carbons (Fsp3) is 0.344. The molecule has 0 bridgehead atoms. The van der Waals surface area contributed by atoms with Crippen LogP contribution in [0.1, 0.15) is 62.5 Å². The van der Waals surface area contributed by atoms with Gasteiger partial charge in [0, 0.05) is 42.8 Å². The van der Waals surface area contributed by atoms with Gasteiger partial charge in [0.1, 0.15) is 12.2 Å². The molecule has 0 aliphatic carbocycles. The minimum absolute atomic E-state index is 0.127. The molecule has 40 heavy (non-hydrogen) atoms. The van der Waals surface area contributed by atoms with Crippen molar-refractivity contribution in [2.75, 3.05) is 11.4 Å². The van der Waals surface area contributed by atoms with Gasteiger partial charge in [-0.3, -0.25) is 14.4 Å². The highest BCUT2D eigenvalue weighted by Gasteiger charge is 2.39. The maximum Gasteiger partial charge on any atom is 0.256 e. The van der Waals surface area contributed by atoms with Crippen LogP contribution in [0.2, 0.25) is 5.02 Å². The number of benzene rings is 3. The largest absolute Gasteiger partial charge is 0.355 e. The van der Waals surface area contributed by atoms with Crippen LogP contribution in [0.3, 0.4) is 0 Å². The first-order valence-corrected chi connectivity index (χ1v) is 13.8. The van der Waals surface area contributed by atoms with Crippen LogP contribution in [0.15, 0.2) is 72.8 Å². The van der Waals surface area contributed by atoms with Crippen molar-refractivity contribution in [3.05, 3.63) is 100 Å². The fourth-order valence-corrected chi connectivity index (χ4v) is 4.91. The van der Waals surface area contributed by atoms with E-state index in [2.05, 4.69) is 31.4 Å². The maximum absolute atomic E-state index is 14.0. The Labute approximate surface area is 240 Å². The number of rotatable bonds is 8. The molecule has 0 radical (unpaired) electrons. The van der Waals surface area contributed by atoms with Crippen LogP contribution in [-0.4, -0.2) is 30.4 Å². The van der Waals surface area contributed by atoms with Crippen molar-refractivity contribution in [1.82, 2.24) is 10.6 Å². The van der Waals surface area contributed by atoms with Gasteiger partial charge in [0.25, 0.3) is 5.91 Å². The Bertz CT molecular complexity index is 1370. The lowest BCUT2D eigenvalue weighted by Crippen LogP contribution is -2.45. The molecule has 7 nitrogen and oxygen atoms in total. The van der Waals surface area contributed by atoms with Gasteiger partial charge in [-0.15, -0.1) is 0 Å². The van der Waals surface area contributed by atoms with Crippen molar-refractivity contribution >= 4 is 35.0 Å². The molecule has 1 heterocycles. The molecular formula is C32H36ClN3O4. The van der Waals surface area contributed by atoms with E-state index in [0.717, 1.165) is 22.3 Å². The van der Waals surface area contributed by atoms with E-state index in [1.165, 1.54) is 6.92 Å². The van der Waals surface area contributed by atoms with Gasteiger partial charge >= 0.3 is 0 Å². The number of anilines is 1. The lowest BCUT2D eigenvalue weighted by molar-refractivity contribution is -0.138. The number of nitrogens with one attached hydrogen (secondary N) is 2. The van der Waals surface area contributed by atoms with Crippen LogP contribution in [0.4, 0.5) is 5.69 Å². The second kappa shape index (κ2) is 12.7. The molecule has 0 aromatic heterocycles. The molecule has 0 saturated carbocycles. The number of nitrogens with zero attached hydrogens (tertiary/aromatic N) is 1. The third-order valence-corrected chi connectivity index (χ3v) is 6.77. The topological polar surface area (TPSA) is 87.7 Å². The zero-order chi connectivity index (χ0) is 28.9. The van der Waals surface area contributed by atoms with Crippen molar-refractivity contribution in [3.63, 3.8) is 0 Å². The summed E-state index contributed by atoms with van der Waals surface area (Å²) < 4.78 is 6.54. The molecule has 0 spiro atoms. The lowest BCUT2D eigenvalue weighted by Gasteiger charge is -2.31. The summed E-state index contributed by atoms with van der Waals surface area (Å²) in [6, 6.07) is 22.7. The van der Waals surface area contributed by atoms with Crippen molar-refractivity contribution in [3.8, 4) is 0 Å². The van der Waals surface area contributed by atoms with E-state index in [1.807, 2.05) is 66.7 Å². The molecular weight excluding hydrogens is 526 g/mol. The van der Waals surface area contributed by atoms with E-state index in [9.17, 15) is 14.4 Å². The molecule has 210 valence electrons. The number of fused-ring (bicyclic) bond motifs is 1. The van der Waals surface area contributed by atoms with Gasteiger partial charge in [-0.25, -0.2) is 0 Å². The summed E-state index contributed by atoms with van der Waals surface area (Å²) in [7, 11) is 0. The van der Waals surface area contributed by atoms with Crippen LogP contribution >= 0.6 is 11.6 Å². The van der Waals surface area contributed by atoms with Gasteiger partial charge in [0.15, 0.2) is 0 Å². The van der Waals surface area contributed by atoms with Gasteiger partial charge in [0.2, 0.25) is 11.8 Å². The Morgan fingerprint density at radius 3 is 2.33 bits per heavy atom. The molecule has 2 atom stereocenters. The monoisotopic (exact) mass is 561 g/mol. The average Bonchev–Trinajstić information content (AvgIpc) is 3.01. The number of hydrogen-bond acceptors (Lipinski definition) is 4. The molecule has 8 heteroatoms. The molecule has 2 N–H and O–H groups in total. The fourth-order valence-electron chi connectivity index (χ4n) is 4.73. The molecule has 3 aromatic rings. The van der Waals surface area contributed by atoms with Gasteiger partial charge in [-0.2, -0.15) is 0 Å². The van der Waals surface area contributed by atoms with Crippen LogP contribution in [-0.2, 0) is 32.2 Å². The zero-order valence-electron chi connectivity index (χ0n) is 23.4. The third-order valence-electron chi connectivity index (χ3n) is 6.54. The van der Waals surface area contributed by atoms with Crippen molar-refractivity contribution in [2.24, 2.45) is 5.41 Å². The van der Waals surface area contributed by atoms with Crippen LogP contribution in [0, 0.1) is 5.41 Å². The highest BCUT2D eigenvalue weighted by Crippen LogP contribution is 2.41. The quantitative estimate of drug-likeness (QED) is 0.377. The lowest BCUT2D eigenvalue weighted by atomic mass is 9.94. The van der Waals surface area contributed by atoms with E-state index < -0.39 is 12.2 Å². The zero-order valence-corrected chi connectivity index (χ0v) is 24.1. The Morgan fingerprint density at radius 2 is 1.62 bits per heavy atom. The second-order valence-electron chi connectivity index (χ2n) is 11.3. The SMILES string of the molecule is CC(=O)NCc1cccc(C2OC(CC(=O)NCc3ccccc3)C(=O)N(CC(C)(C)C)c3ccc(Cl)cc32)c1. The maximum atomic E-state index is 14.0. The summed E-state index contributed by atoms with van der Waals surface area (Å²) in [5.74, 6) is -0.677. The number of carbonyl (C=O) groups excluding carboxylic acids is 3. The Morgan fingerprint density at radius 1 is 0.925 bits per heavy atom. The number of ether oxygens (including phenoxy) is 1. The summed E-state index contributed by atoms with van der Waals surface area (Å²) in [4.78, 5) is 40.3. The average molecular weight is 562 g/mol. The molecule has 1 aliphatic heterocycles. The number of amides is 3. The van der Waals surface area contributed by atoms with Gasteiger partial charge in [-0.05, 0) is 40.3 Å². The summed E-state index contributed by atoms with van der Waals surface area (Å²) in [5, 5.41) is 6.26. The van der Waals surface area contributed by atoms with Gasteiger partial charge in [-0.1, -0.05) is 87.0 Å². The summed E-state index contributed by atoms with van der Waals surface area (Å²) in [6.07, 6.45) is -1.81. The van der Waals surface area contributed by atoms with Gasteiger partial charge in [0.05, 0.1) is 6.42 Å². The smallest absolute Gasteiger partial charge is 0.256 e. The first kappa shape index (κ1) is 29.3. The van der Waals surface area contributed by atoms with E-state index in [1.54, 1.807) is 11.0 Å². The predicted molar refractivity (Wildman–Crippen MR) is 157 cm³/mol. The molecule has 0 fully saturated rings. The summed E-state index contributed by atoms with van der Waals surface area (Å²) in [5.41, 5.74) is 3.88. The van der Waals surface area contributed by atoms with Crippen molar-refractivity contribution < 1.29 is 19.1 Å². The minimum atomic E-state index is -1.02. The highest BCUT2D eigenvalue weighted by atomic mass is 35.5. The van der Waals surface area contributed by atoms with Crippen molar-refractivity contribution in [2.45, 2.75) is 59.4 Å². The number of halogens is 1. The number of hydrogen-bond donors (Lipinski definition) is 2. The normalized spacial score (nSPS) is 17.1. The first-order valence-electron chi connectivity index (χ1n) is 13.4. The van der Waals surface area contributed by atoms with Gasteiger partial charge < -0.3 is 20.3 Å². The Kier molecular flexibility index (Phi) is 9.28. The molecule has 2 unspecified atom stereocenters. The molecule has 1 aliphatic rings.